The SMILES string of the molecule is CC#Cc1cc(Cl)c(C2C(=O)NN(Cc3ccccn3)C2=O)c(Cl)c1. The van der Waals surface area contributed by atoms with Gasteiger partial charge in [0.1, 0.15) is 5.92 Å². The van der Waals surface area contributed by atoms with Crippen LogP contribution in [0, 0.1) is 11.8 Å². The second-order valence-corrected chi connectivity index (χ2v) is 6.20. The quantitative estimate of drug-likeness (QED) is 0.664. The molecule has 0 saturated carbocycles. The summed E-state index contributed by atoms with van der Waals surface area (Å²) in [5.74, 6) is 3.61. The number of halogens is 2. The maximum absolute atomic E-state index is 12.7. The highest BCUT2D eigenvalue weighted by Crippen LogP contribution is 2.36. The number of nitrogens with one attached hydrogen (secondary N) is 1. The Hall–Kier alpha value is -2.55. The second kappa shape index (κ2) is 7.14. The molecule has 2 amide bonds. The molecule has 1 aromatic carbocycles. The Kier molecular flexibility index (Phi) is 4.93. The van der Waals surface area contributed by atoms with Crippen LogP contribution >= 0.6 is 23.2 Å². The van der Waals surface area contributed by atoms with Crippen LogP contribution in [0.15, 0.2) is 36.5 Å². The zero-order valence-corrected chi connectivity index (χ0v) is 14.7. The van der Waals surface area contributed by atoms with Gasteiger partial charge >= 0.3 is 0 Å². The van der Waals surface area contributed by atoms with Crippen LogP contribution in [0.1, 0.15) is 29.7 Å². The number of rotatable bonds is 3. The van der Waals surface area contributed by atoms with E-state index in [4.69, 9.17) is 23.2 Å². The van der Waals surface area contributed by atoms with E-state index in [1.54, 1.807) is 37.4 Å². The molecule has 1 aliphatic rings. The molecule has 3 rings (SSSR count). The Balaban J connectivity index is 1.91. The molecule has 1 saturated heterocycles. The lowest BCUT2D eigenvalue weighted by Gasteiger charge is -2.15. The number of pyridine rings is 1. The number of nitrogens with zero attached hydrogens (tertiary/aromatic N) is 2. The van der Waals surface area contributed by atoms with Crippen LogP contribution in [0.3, 0.4) is 0 Å². The van der Waals surface area contributed by atoms with Gasteiger partial charge in [-0.3, -0.25) is 20.0 Å². The molecule has 1 fully saturated rings. The molecule has 1 aromatic heterocycles. The summed E-state index contributed by atoms with van der Waals surface area (Å²) in [4.78, 5) is 29.2. The minimum atomic E-state index is -1.09. The normalized spacial score (nSPS) is 16.4. The van der Waals surface area contributed by atoms with Crippen molar-refractivity contribution in [2.24, 2.45) is 0 Å². The van der Waals surface area contributed by atoms with E-state index < -0.39 is 17.7 Å². The average Bonchev–Trinajstić information content (AvgIpc) is 2.83. The molecule has 1 aliphatic heterocycles. The van der Waals surface area contributed by atoms with Crippen LogP contribution in [-0.2, 0) is 16.1 Å². The second-order valence-electron chi connectivity index (χ2n) is 5.38. The van der Waals surface area contributed by atoms with E-state index in [2.05, 4.69) is 22.3 Å². The molecule has 1 unspecified atom stereocenters. The van der Waals surface area contributed by atoms with Crippen LogP contribution < -0.4 is 5.43 Å². The van der Waals surface area contributed by atoms with Crippen LogP contribution in [0.5, 0.6) is 0 Å². The summed E-state index contributed by atoms with van der Waals surface area (Å²) < 4.78 is 0. The Bertz CT molecular complexity index is 881. The molecule has 5 nitrogen and oxygen atoms in total. The monoisotopic (exact) mass is 373 g/mol. The van der Waals surface area contributed by atoms with Gasteiger partial charge in [0.15, 0.2) is 0 Å². The summed E-state index contributed by atoms with van der Waals surface area (Å²) in [6, 6.07) is 8.55. The van der Waals surface area contributed by atoms with Gasteiger partial charge < -0.3 is 0 Å². The van der Waals surface area contributed by atoms with Crippen molar-refractivity contribution in [3.05, 3.63) is 63.4 Å². The minimum Gasteiger partial charge on any atom is -0.272 e. The molecular formula is C18H13Cl2N3O2. The number of carbonyl (C=O) groups is 2. The van der Waals surface area contributed by atoms with Gasteiger partial charge in [-0.15, -0.1) is 5.92 Å². The Morgan fingerprint density at radius 1 is 1.24 bits per heavy atom. The van der Waals surface area contributed by atoms with Gasteiger partial charge in [-0.2, -0.15) is 0 Å². The van der Waals surface area contributed by atoms with Crippen molar-refractivity contribution in [1.82, 2.24) is 15.4 Å². The van der Waals surface area contributed by atoms with E-state index in [1.165, 1.54) is 5.01 Å². The Labute approximate surface area is 154 Å². The van der Waals surface area contributed by atoms with Crippen molar-refractivity contribution in [3.63, 3.8) is 0 Å². The van der Waals surface area contributed by atoms with Crippen molar-refractivity contribution < 1.29 is 9.59 Å². The molecule has 2 heterocycles. The number of hydrogen-bond acceptors (Lipinski definition) is 3. The maximum atomic E-state index is 12.7. The first-order valence-electron chi connectivity index (χ1n) is 7.44. The molecule has 126 valence electrons. The number of benzene rings is 1. The highest BCUT2D eigenvalue weighted by Gasteiger charge is 2.42. The Morgan fingerprint density at radius 2 is 1.96 bits per heavy atom. The van der Waals surface area contributed by atoms with Crippen LogP contribution in [-0.4, -0.2) is 21.8 Å². The predicted octanol–water partition coefficient (Wildman–Crippen LogP) is 2.92. The zero-order valence-electron chi connectivity index (χ0n) is 13.2. The number of hydrogen-bond donors (Lipinski definition) is 1. The summed E-state index contributed by atoms with van der Waals surface area (Å²) in [6.45, 7) is 1.86. The number of carbonyl (C=O) groups excluding carboxylic acids is 2. The van der Waals surface area contributed by atoms with Gasteiger partial charge in [-0.25, -0.2) is 5.01 Å². The summed E-state index contributed by atoms with van der Waals surface area (Å²) in [6.07, 6.45) is 1.62. The van der Waals surface area contributed by atoms with E-state index in [-0.39, 0.29) is 22.2 Å². The first-order chi connectivity index (χ1) is 12.0. The van der Waals surface area contributed by atoms with Gasteiger partial charge in [0.05, 0.1) is 12.2 Å². The third-order valence-corrected chi connectivity index (χ3v) is 4.33. The van der Waals surface area contributed by atoms with Crippen molar-refractivity contribution >= 4 is 35.0 Å². The van der Waals surface area contributed by atoms with Gasteiger partial charge in [0.2, 0.25) is 0 Å². The van der Waals surface area contributed by atoms with Gasteiger partial charge in [-0.1, -0.05) is 35.2 Å². The van der Waals surface area contributed by atoms with Gasteiger partial charge in [-0.05, 0) is 31.2 Å². The fourth-order valence-electron chi connectivity index (χ4n) is 2.62. The van der Waals surface area contributed by atoms with Crippen LogP contribution in [0.25, 0.3) is 0 Å². The van der Waals surface area contributed by atoms with Crippen molar-refractivity contribution in [1.29, 1.82) is 0 Å². The molecule has 0 spiro atoms. The van der Waals surface area contributed by atoms with Crippen molar-refractivity contribution in [2.75, 3.05) is 0 Å². The Morgan fingerprint density at radius 3 is 2.56 bits per heavy atom. The highest BCUT2D eigenvalue weighted by atomic mass is 35.5. The molecule has 1 atom stereocenters. The van der Waals surface area contributed by atoms with E-state index in [9.17, 15) is 9.59 Å². The zero-order chi connectivity index (χ0) is 18.0. The van der Waals surface area contributed by atoms with Crippen molar-refractivity contribution in [3.8, 4) is 11.8 Å². The fourth-order valence-corrected chi connectivity index (χ4v) is 3.33. The minimum absolute atomic E-state index is 0.163. The number of amides is 2. The summed E-state index contributed by atoms with van der Waals surface area (Å²) in [7, 11) is 0. The van der Waals surface area contributed by atoms with Gasteiger partial charge in [0.25, 0.3) is 11.8 Å². The lowest BCUT2D eigenvalue weighted by molar-refractivity contribution is -0.131. The smallest absolute Gasteiger partial charge is 0.258 e. The van der Waals surface area contributed by atoms with E-state index >= 15 is 0 Å². The number of aromatic nitrogens is 1. The number of hydrazine groups is 1. The summed E-state index contributed by atoms with van der Waals surface area (Å²) >= 11 is 12.5. The van der Waals surface area contributed by atoms with E-state index in [0.717, 1.165) is 0 Å². The molecule has 7 heteroatoms. The predicted molar refractivity (Wildman–Crippen MR) is 94.7 cm³/mol. The molecule has 25 heavy (non-hydrogen) atoms. The van der Waals surface area contributed by atoms with E-state index in [1.807, 2.05) is 6.07 Å². The first-order valence-corrected chi connectivity index (χ1v) is 8.20. The average molecular weight is 374 g/mol. The highest BCUT2D eigenvalue weighted by molar-refractivity contribution is 6.37. The van der Waals surface area contributed by atoms with Crippen LogP contribution in [0.2, 0.25) is 10.0 Å². The molecule has 0 bridgehead atoms. The lowest BCUT2D eigenvalue weighted by atomic mass is 9.97. The third kappa shape index (κ3) is 3.46. The molecule has 0 aliphatic carbocycles. The van der Waals surface area contributed by atoms with Gasteiger partial charge in [0, 0.05) is 27.4 Å². The maximum Gasteiger partial charge on any atom is 0.258 e. The molecular weight excluding hydrogens is 361 g/mol. The standard InChI is InChI=1S/C18H13Cl2N3O2/c1-2-5-11-8-13(19)15(14(20)9-11)16-17(24)22-23(18(16)25)10-12-6-3-4-7-21-12/h3-4,6-9,16H,10H2,1H3,(H,22,24). The summed E-state index contributed by atoms with van der Waals surface area (Å²) in [5, 5.41) is 1.69. The molecule has 2 aromatic rings. The molecule has 1 N–H and O–H groups in total. The third-order valence-electron chi connectivity index (χ3n) is 3.70. The molecule has 0 radical (unpaired) electrons. The lowest BCUT2D eigenvalue weighted by Crippen LogP contribution is -2.35. The van der Waals surface area contributed by atoms with Crippen LogP contribution in [0.4, 0.5) is 0 Å². The fraction of sp³-hybridized carbons (Fsp3) is 0.167. The topological polar surface area (TPSA) is 62.3 Å². The first kappa shape index (κ1) is 17.3. The summed E-state index contributed by atoms with van der Waals surface area (Å²) in [5.41, 5.74) is 4.12. The van der Waals surface area contributed by atoms with Crippen molar-refractivity contribution in [2.45, 2.75) is 19.4 Å². The van der Waals surface area contributed by atoms with E-state index in [0.29, 0.717) is 11.3 Å². The largest absolute Gasteiger partial charge is 0.272 e.